The Bertz CT molecular complexity index is 462. The molecule has 1 N–H and O–H groups in total. The van der Waals surface area contributed by atoms with Crippen LogP contribution in [0.25, 0.3) is 0 Å². The van der Waals surface area contributed by atoms with E-state index in [-0.39, 0.29) is 5.02 Å². The van der Waals surface area contributed by atoms with Gasteiger partial charge in [-0.05, 0) is 25.1 Å². The molecule has 0 fully saturated rings. The fraction of sp³-hybridized carbons (Fsp3) is 0.273. The quantitative estimate of drug-likeness (QED) is 0.923. The van der Waals surface area contributed by atoms with Gasteiger partial charge in [-0.15, -0.1) is 0 Å². The van der Waals surface area contributed by atoms with Crippen LogP contribution in [0.4, 0.5) is 5.69 Å². The average Bonchev–Trinajstić information content (AvgIpc) is 2.20. The number of carboxylic acids is 1. The van der Waals surface area contributed by atoms with Crippen LogP contribution in [-0.2, 0) is 9.59 Å². The molecule has 4 nitrogen and oxygen atoms in total. The van der Waals surface area contributed by atoms with Gasteiger partial charge in [0.2, 0.25) is 5.91 Å². The van der Waals surface area contributed by atoms with Crippen LogP contribution in [-0.4, -0.2) is 23.0 Å². The first-order valence-corrected chi connectivity index (χ1v) is 5.58. The van der Waals surface area contributed by atoms with Gasteiger partial charge in [0, 0.05) is 11.9 Å². The lowest BCUT2D eigenvalue weighted by Gasteiger charge is -2.26. The SMILES string of the molecule is CC(=O)N(c1ccc(Cl)cc1Cl)C(C)C(=O)O. The molecule has 1 aromatic carbocycles. The van der Waals surface area contributed by atoms with E-state index in [9.17, 15) is 9.59 Å². The lowest BCUT2D eigenvalue weighted by Crippen LogP contribution is -2.42. The molecule has 0 saturated heterocycles. The third-order valence-electron chi connectivity index (χ3n) is 2.25. The van der Waals surface area contributed by atoms with Crippen LogP contribution in [0.1, 0.15) is 13.8 Å². The van der Waals surface area contributed by atoms with Crippen molar-refractivity contribution >= 4 is 40.8 Å². The van der Waals surface area contributed by atoms with E-state index < -0.39 is 17.9 Å². The molecule has 0 aliphatic heterocycles. The van der Waals surface area contributed by atoms with Crippen molar-refractivity contribution < 1.29 is 14.7 Å². The number of carboxylic acid groups (broad SMARTS) is 1. The molecule has 0 aliphatic carbocycles. The van der Waals surface area contributed by atoms with Crippen molar-refractivity contribution in [2.75, 3.05) is 4.90 Å². The molecule has 0 bridgehead atoms. The highest BCUT2D eigenvalue weighted by molar-refractivity contribution is 6.36. The molecule has 0 saturated carbocycles. The number of aliphatic carboxylic acids is 1. The Balaban J connectivity index is 3.23. The molecule has 0 aliphatic rings. The summed E-state index contributed by atoms with van der Waals surface area (Å²) >= 11 is 11.7. The Morgan fingerprint density at radius 2 is 1.94 bits per heavy atom. The monoisotopic (exact) mass is 275 g/mol. The van der Waals surface area contributed by atoms with E-state index in [0.717, 1.165) is 4.90 Å². The first-order chi connectivity index (χ1) is 7.84. The molecule has 1 amide bonds. The molecule has 0 spiro atoms. The highest BCUT2D eigenvalue weighted by atomic mass is 35.5. The van der Waals surface area contributed by atoms with E-state index in [0.29, 0.717) is 10.7 Å². The molecule has 92 valence electrons. The summed E-state index contributed by atoms with van der Waals surface area (Å²) in [5.74, 6) is -1.50. The minimum absolute atomic E-state index is 0.237. The van der Waals surface area contributed by atoms with Crippen LogP contribution in [0.15, 0.2) is 18.2 Å². The second-order valence-electron chi connectivity index (χ2n) is 3.50. The van der Waals surface area contributed by atoms with Gasteiger partial charge in [0.05, 0.1) is 10.7 Å². The van der Waals surface area contributed by atoms with Gasteiger partial charge in [-0.3, -0.25) is 9.69 Å². The summed E-state index contributed by atoms with van der Waals surface area (Å²) in [5.41, 5.74) is 0.332. The van der Waals surface area contributed by atoms with E-state index in [1.54, 1.807) is 6.07 Å². The maximum Gasteiger partial charge on any atom is 0.326 e. The number of rotatable bonds is 3. The standard InChI is InChI=1S/C11H11Cl2NO3/c1-6(11(16)17)14(7(2)15)10-4-3-8(12)5-9(10)13/h3-6H,1-2H3,(H,16,17). The zero-order valence-electron chi connectivity index (χ0n) is 9.28. The third-order valence-corrected chi connectivity index (χ3v) is 2.79. The molecule has 1 rings (SSSR count). The summed E-state index contributed by atoms with van der Waals surface area (Å²) in [5, 5.41) is 9.60. The van der Waals surface area contributed by atoms with Crippen molar-refractivity contribution in [3.8, 4) is 0 Å². The van der Waals surface area contributed by atoms with Crippen molar-refractivity contribution in [1.82, 2.24) is 0 Å². The fourth-order valence-corrected chi connectivity index (χ4v) is 1.94. The second kappa shape index (κ2) is 5.38. The molecule has 6 heteroatoms. The van der Waals surface area contributed by atoms with E-state index in [2.05, 4.69) is 0 Å². The number of anilines is 1. The minimum Gasteiger partial charge on any atom is -0.480 e. The summed E-state index contributed by atoms with van der Waals surface area (Å²) in [4.78, 5) is 23.5. The Kier molecular flexibility index (Phi) is 4.37. The highest BCUT2D eigenvalue weighted by Crippen LogP contribution is 2.30. The predicted molar refractivity (Wildman–Crippen MR) is 66.7 cm³/mol. The van der Waals surface area contributed by atoms with Crippen molar-refractivity contribution in [2.24, 2.45) is 0 Å². The van der Waals surface area contributed by atoms with Gasteiger partial charge < -0.3 is 5.11 Å². The van der Waals surface area contributed by atoms with Gasteiger partial charge in [-0.1, -0.05) is 23.2 Å². The Hall–Kier alpha value is -1.26. The average molecular weight is 276 g/mol. The van der Waals surface area contributed by atoms with Gasteiger partial charge in [0.1, 0.15) is 6.04 Å². The largest absolute Gasteiger partial charge is 0.480 e. The number of carbonyl (C=O) groups excluding carboxylic acids is 1. The number of nitrogens with zero attached hydrogens (tertiary/aromatic N) is 1. The molecule has 0 radical (unpaired) electrons. The normalized spacial score (nSPS) is 12.0. The number of hydrogen-bond donors (Lipinski definition) is 1. The van der Waals surface area contributed by atoms with Crippen molar-refractivity contribution in [1.29, 1.82) is 0 Å². The van der Waals surface area contributed by atoms with Crippen molar-refractivity contribution in [2.45, 2.75) is 19.9 Å². The van der Waals surface area contributed by atoms with Gasteiger partial charge in [0.25, 0.3) is 0 Å². The molecular weight excluding hydrogens is 265 g/mol. The molecule has 0 heterocycles. The van der Waals surface area contributed by atoms with Gasteiger partial charge >= 0.3 is 5.97 Å². The maximum absolute atomic E-state index is 11.5. The van der Waals surface area contributed by atoms with Gasteiger partial charge in [-0.25, -0.2) is 4.79 Å². The van der Waals surface area contributed by atoms with E-state index in [4.69, 9.17) is 28.3 Å². The number of hydrogen-bond acceptors (Lipinski definition) is 2. The van der Waals surface area contributed by atoms with E-state index in [1.165, 1.54) is 26.0 Å². The zero-order chi connectivity index (χ0) is 13.2. The number of benzene rings is 1. The molecular formula is C11H11Cl2NO3. The molecule has 1 aromatic rings. The van der Waals surface area contributed by atoms with Crippen LogP contribution in [0, 0.1) is 0 Å². The molecule has 1 unspecified atom stereocenters. The highest BCUT2D eigenvalue weighted by Gasteiger charge is 2.26. The Labute approximate surface area is 109 Å². The Morgan fingerprint density at radius 1 is 1.35 bits per heavy atom. The summed E-state index contributed by atoms with van der Waals surface area (Å²) in [6, 6.07) is 3.54. The molecule has 1 atom stereocenters. The number of carbonyl (C=O) groups is 2. The number of halogens is 2. The van der Waals surface area contributed by atoms with Crippen molar-refractivity contribution in [3.05, 3.63) is 28.2 Å². The van der Waals surface area contributed by atoms with E-state index >= 15 is 0 Å². The first-order valence-electron chi connectivity index (χ1n) is 4.82. The lowest BCUT2D eigenvalue weighted by molar-refractivity contribution is -0.139. The maximum atomic E-state index is 11.5. The fourth-order valence-electron chi connectivity index (χ4n) is 1.44. The van der Waals surface area contributed by atoms with Crippen LogP contribution in [0.5, 0.6) is 0 Å². The van der Waals surface area contributed by atoms with Crippen LogP contribution >= 0.6 is 23.2 Å². The first kappa shape index (κ1) is 13.8. The summed E-state index contributed by atoms with van der Waals surface area (Å²) in [7, 11) is 0. The summed E-state index contributed by atoms with van der Waals surface area (Å²) in [6.45, 7) is 2.69. The summed E-state index contributed by atoms with van der Waals surface area (Å²) in [6.07, 6.45) is 0. The summed E-state index contributed by atoms with van der Waals surface area (Å²) < 4.78 is 0. The third kappa shape index (κ3) is 3.11. The zero-order valence-corrected chi connectivity index (χ0v) is 10.8. The second-order valence-corrected chi connectivity index (χ2v) is 4.34. The molecule has 17 heavy (non-hydrogen) atoms. The Morgan fingerprint density at radius 3 is 2.35 bits per heavy atom. The smallest absolute Gasteiger partial charge is 0.326 e. The lowest BCUT2D eigenvalue weighted by atomic mass is 10.2. The van der Waals surface area contributed by atoms with Crippen molar-refractivity contribution in [3.63, 3.8) is 0 Å². The minimum atomic E-state index is -1.11. The van der Waals surface area contributed by atoms with Crippen LogP contribution < -0.4 is 4.90 Å². The van der Waals surface area contributed by atoms with Crippen LogP contribution in [0.2, 0.25) is 10.0 Å². The van der Waals surface area contributed by atoms with Gasteiger partial charge in [0.15, 0.2) is 0 Å². The topological polar surface area (TPSA) is 57.6 Å². The van der Waals surface area contributed by atoms with Gasteiger partial charge in [-0.2, -0.15) is 0 Å². The predicted octanol–water partition coefficient (Wildman–Crippen LogP) is 2.82. The van der Waals surface area contributed by atoms with E-state index in [1.807, 2.05) is 0 Å². The van der Waals surface area contributed by atoms with Crippen LogP contribution in [0.3, 0.4) is 0 Å². The molecule has 0 aromatic heterocycles. The number of amides is 1.